The summed E-state index contributed by atoms with van der Waals surface area (Å²) in [5.41, 5.74) is 1.27. The van der Waals surface area contributed by atoms with Gasteiger partial charge in [-0.1, -0.05) is 6.07 Å². The maximum Gasteiger partial charge on any atom is 0.352 e. The molecular formula is C16H19N3O4. The third-order valence-electron chi connectivity index (χ3n) is 3.93. The van der Waals surface area contributed by atoms with Crippen molar-refractivity contribution in [2.24, 2.45) is 0 Å². The van der Waals surface area contributed by atoms with E-state index in [-0.39, 0.29) is 11.6 Å². The number of aromatic amines is 1. The highest BCUT2D eigenvalue weighted by Crippen LogP contribution is 2.17. The smallest absolute Gasteiger partial charge is 0.352 e. The summed E-state index contributed by atoms with van der Waals surface area (Å²) in [7, 11) is 0. The maximum atomic E-state index is 12.2. The van der Waals surface area contributed by atoms with Gasteiger partial charge in [-0.05, 0) is 18.2 Å². The van der Waals surface area contributed by atoms with Gasteiger partial charge in [-0.2, -0.15) is 0 Å². The first kappa shape index (κ1) is 15.5. The van der Waals surface area contributed by atoms with Crippen molar-refractivity contribution in [1.29, 1.82) is 0 Å². The highest BCUT2D eigenvalue weighted by Gasteiger charge is 2.12. The van der Waals surface area contributed by atoms with Crippen LogP contribution < -0.4 is 5.32 Å². The number of nitrogens with one attached hydrogen (secondary N) is 2. The van der Waals surface area contributed by atoms with E-state index in [9.17, 15) is 9.59 Å². The Morgan fingerprint density at radius 3 is 2.78 bits per heavy atom. The first-order valence-corrected chi connectivity index (χ1v) is 7.58. The van der Waals surface area contributed by atoms with Crippen molar-refractivity contribution in [1.82, 2.24) is 15.2 Å². The van der Waals surface area contributed by atoms with E-state index in [1.54, 1.807) is 24.3 Å². The van der Waals surface area contributed by atoms with Crippen LogP contribution in [0.4, 0.5) is 0 Å². The quantitative estimate of drug-likeness (QED) is 0.762. The Kier molecular flexibility index (Phi) is 4.59. The number of rotatable bonds is 5. The van der Waals surface area contributed by atoms with Crippen molar-refractivity contribution in [2.75, 3.05) is 39.4 Å². The summed E-state index contributed by atoms with van der Waals surface area (Å²) in [6.45, 7) is 4.63. The van der Waals surface area contributed by atoms with E-state index in [2.05, 4.69) is 15.2 Å². The topological polar surface area (TPSA) is 94.7 Å². The summed E-state index contributed by atoms with van der Waals surface area (Å²) in [4.78, 5) is 28.2. The van der Waals surface area contributed by atoms with Crippen LogP contribution in [0.1, 0.15) is 20.8 Å². The number of amides is 1. The van der Waals surface area contributed by atoms with Crippen molar-refractivity contribution in [3.05, 3.63) is 35.5 Å². The zero-order valence-corrected chi connectivity index (χ0v) is 12.7. The fourth-order valence-corrected chi connectivity index (χ4v) is 2.64. The molecule has 0 aliphatic carbocycles. The summed E-state index contributed by atoms with van der Waals surface area (Å²) in [5, 5.41) is 12.6. The number of benzene rings is 1. The summed E-state index contributed by atoms with van der Waals surface area (Å²) >= 11 is 0. The maximum absolute atomic E-state index is 12.2. The largest absolute Gasteiger partial charge is 0.477 e. The molecule has 122 valence electrons. The summed E-state index contributed by atoms with van der Waals surface area (Å²) in [5.74, 6) is -1.18. The van der Waals surface area contributed by atoms with Crippen molar-refractivity contribution >= 4 is 22.8 Å². The fourth-order valence-electron chi connectivity index (χ4n) is 2.64. The molecule has 1 fully saturated rings. The molecule has 0 radical (unpaired) electrons. The lowest BCUT2D eigenvalue weighted by molar-refractivity contribution is 0.0383. The van der Waals surface area contributed by atoms with Gasteiger partial charge in [0.1, 0.15) is 5.69 Å². The lowest BCUT2D eigenvalue weighted by atomic mass is 10.1. The molecule has 0 bridgehead atoms. The predicted molar refractivity (Wildman–Crippen MR) is 84.9 cm³/mol. The number of carbonyl (C=O) groups excluding carboxylic acids is 1. The molecule has 1 aliphatic rings. The SMILES string of the molecule is O=C(NCCN1CCOCC1)c1ccc2cc(C(=O)O)[nH]c2c1. The summed E-state index contributed by atoms with van der Waals surface area (Å²) in [6, 6.07) is 6.67. The lowest BCUT2D eigenvalue weighted by Crippen LogP contribution is -2.41. The van der Waals surface area contributed by atoms with Crippen LogP contribution in [0.25, 0.3) is 10.9 Å². The first-order chi connectivity index (χ1) is 11.1. The Morgan fingerprint density at radius 2 is 2.04 bits per heavy atom. The number of carboxylic acid groups (broad SMARTS) is 1. The number of aromatic nitrogens is 1. The third-order valence-corrected chi connectivity index (χ3v) is 3.93. The average Bonchev–Trinajstić information content (AvgIpc) is 2.99. The van der Waals surface area contributed by atoms with Crippen LogP contribution in [-0.4, -0.2) is 66.3 Å². The molecule has 0 saturated carbocycles. The fraction of sp³-hybridized carbons (Fsp3) is 0.375. The molecule has 1 amide bonds. The van der Waals surface area contributed by atoms with Crippen molar-refractivity contribution < 1.29 is 19.4 Å². The Hall–Kier alpha value is -2.38. The molecule has 1 aliphatic heterocycles. The molecule has 1 aromatic heterocycles. The van der Waals surface area contributed by atoms with Gasteiger partial charge in [-0.25, -0.2) is 4.79 Å². The lowest BCUT2D eigenvalue weighted by Gasteiger charge is -2.26. The van der Waals surface area contributed by atoms with Gasteiger partial charge >= 0.3 is 5.97 Å². The number of morpholine rings is 1. The number of aromatic carboxylic acids is 1. The normalized spacial score (nSPS) is 15.7. The molecule has 23 heavy (non-hydrogen) atoms. The molecule has 7 heteroatoms. The molecule has 0 atom stereocenters. The number of carboxylic acids is 1. The summed E-state index contributed by atoms with van der Waals surface area (Å²) in [6.07, 6.45) is 0. The van der Waals surface area contributed by atoms with Crippen LogP contribution in [0.5, 0.6) is 0 Å². The molecule has 2 aromatic rings. The van der Waals surface area contributed by atoms with E-state index in [0.717, 1.165) is 38.2 Å². The molecule has 3 N–H and O–H groups in total. The van der Waals surface area contributed by atoms with E-state index in [4.69, 9.17) is 9.84 Å². The highest BCUT2D eigenvalue weighted by molar-refractivity contribution is 6.00. The molecule has 0 spiro atoms. The van der Waals surface area contributed by atoms with Crippen molar-refractivity contribution in [3.8, 4) is 0 Å². The monoisotopic (exact) mass is 317 g/mol. The van der Waals surface area contributed by atoms with Gasteiger partial charge in [-0.3, -0.25) is 9.69 Å². The Balaban J connectivity index is 1.60. The Labute approximate surface area is 133 Å². The zero-order chi connectivity index (χ0) is 16.2. The van der Waals surface area contributed by atoms with Gasteiger partial charge in [0.2, 0.25) is 0 Å². The van der Waals surface area contributed by atoms with Gasteiger partial charge in [-0.15, -0.1) is 0 Å². The molecule has 7 nitrogen and oxygen atoms in total. The number of carbonyl (C=O) groups is 2. The standard InChI is InChI=1S/C16H19N3O4/c20-15(17-3-4-19-5-7-23-8-6-19)12-2-1-11-9-14(16(21)22)18-13(11)10-12/h1-2,9-10,18H,3-8H2,(H,17,20)(H,21,22). The molecule has 2 heterocycles. The van der Waals surface area contributed by atoms with Gasteiger partial charge < -0.3 is 20.1 Å². The van der Waals surface area contributed by atoms with Crippen LogP contribution >= 0.6 is 0 Å². The van der Waals surface area contributed by atoms with Gasteiger partial charge in [0.25, 0.3) is 5.91 Å². The van der Waals surface area contributed by atoms with Crippen molar-refractivity contribution in [3.63, 3.8) is 0 Å². The van der Waals surface area contributed by atoms with E-state index < -0.39 is 5.97 Å². The van der Waals surface area contributed by atoms with Gasteiger partial charge in [0.05, 0.1) is 13.2 Å². The minimum absolute atomic E-state index is 0.116. The first-order valence-electron chi connectivity index (χ1n) is 7.58. The number of hydrogen-bond donors (Lipinski definition) is 3. The zero-order valence-electron chi connectivity index (χ0n) is 12.7. The number of nitrogens with zero attached hydrogens (tertiary/aromatic N) is 1. The number of hydrogen-bond acceptors (Lipinski definition) is 4. The third kappa shape index (κ3) is 3.69. The highest BCUT2D eigenvalue weighted by atomic mass is 16.5. The van der Waals surface area contributed by atoms with Crippen LogP contribution in [0.15, 0.2) is 24.3 Å². The number of H-pyrrole nitrogens is 1. The molecule has 1 saturated heterocycles. The molecule has 0 unspecified atom stereocenters. The summed E-state index contributed by atoms with van der Waals surface area (Å²) < 4.78 is 5.28. The molecule has 3 rings (SSSR count). The minimum Gasteiger partial charge on any atom is -0.477 e. The Morgan fingerprint density at radius 1 is 1.26 bits per heavy atom. The van der Waals surface area contributed by atoms with Crippen molar-refractivity contribution in [2.45, 2.75) is 0 Å². The van der Waals surface area contributed by atoms with Gasteiger partial charge in [0, 0.05) is 42.6 Å². The average molecular weight is 317 g/mol. The van der Waals surface area contributed by atoms with Crippen LogP contribution in [-0.2, 0) is 4.74 Å². The second kappa shape index (κ2) is 6.80. The number of fused-ring (bicyclic) bond motifs is 1. The molecular weight excluding hydrogens is 298 g/mol. The number of ether oxygens (including phenoxy) is 1. The molecule has 1 aromatic carbocycles. The predicted octanol–water partition coefficient (Wildman–Crippen LogP) is 0.928. The second-order valence-corrected chi connectivity index (χ2v) is 5.50. The Bertz CT molecular complexity index is 719. The van der Waals surface area contributed by atoms with Crippen LogP contribution in [0.2, 0.25) is 0 Å². The van der Waals surface area contributed by atoms with E-state index in [1.165, 1.54) is 0 Å². The minimum atomic E-state index is -1.02. The van der Waals surface area contributed by atoms with Crippen LogP contribution in [0.3, 0.4) is 0 Å². The second-order valence-electron chi connectivity index (χ2n) is 5.50. The van der Waals surface area contributed by atoms with E-state index in [1.807, 2.05) is 0 Å². The van der Waals surface area contributed by atoms with Gasteiger partial charge in [0.15, 0.2) is 0 Å². The van der Waals surface area contributed by atoms with Crippen LogP contribution in [0, 0.1) is 0 Å². The van der Waals surface area contributed by atoms with E-state index in [0.29, 0.717) is 17.6 Å². The van der Waals surface area contributed by atoms with E-state index >= 15 is 0 Å².